The summed E-state index contributed by atoms with van der Waals surface area (Å²) in [5.41, 5.74) is 1.96. The van der Waals surface area contributed by atoms with Crippen LogP contribution in [-0.2, 0) is 0 Å². The molecule has 0 aromatic carbocycles. The Hall–Kier alpha value is -2.50. The summed E-state index contributed by atoms with van der Waals surface area (Å²) in [7, 11) is 0. The van der Waals surface area contributed by atoms with E-state index < -0.39 is 0 Å². The number of pyridine rings is 2. The number of rotatable bonds is 4. The number of halogens is 1. The average molecular weight is 518 g/mol. The molecule has 0 saturated carbocycles. The van der Waals surface area contributed by atoms with Crippen LogP contribution in [0.25, 0.3) is 26.8 Å². The molecule has 11 heteroatoms. The van der Waals surface area contributed by atoms with Crippen LogP contribution in [0.1, 0.15) is 26.7 Å². The normalized spacial score (nSPS) is 15.9. The Morgan fingerprint density at radius 3 is 2.88 bits per heavy atom. The van der Waals surface area contributed by atoms with Gasteiger partial charge < -0.3 is 20.5 Å². The third kappa shape index (κ3) is 4.00. The Bertz CT molecular complexity index is 1370. The number of thiazole rings is 1. The molecule has 32 heavy (non-hydrogen) atoms. The van der Waals surface area contributed by atoms with Crippen molar-refractivity contribution < 1.29 is 4.79 Å². The number of hydrogen-bond acceptors (Lipinski definition) is 6. The van der Waals surface area contributed by atoms with E-state index in [1.54, 1.807) is 16.8 Å². The number of likely N-dealkylation sites (tertiary alicyclic amines) is 1. The van der Waals surface area contributed by atoms with Crippen molar-refractivity contribution in [2.24, 2.45) is 5.92 Å². The number of H-pyrrole nitrogens is 1. The van der Waals surface area contributed by atoms with E-state index in [2.05, 4.69) is 60.4 Å². The molecule has 0 bridgehead atoms. The largest absolute Gasteiger partial charge is 0.338 e. The highest BCUT2D eigenvalue weighted by Crippen LogP contribution is 2.30. The number of aromatic amines is 1. The maximum Gasteiger partial charge on any atom is 0.319 e. The van der Waals surface area contributed by atoms with Gasteiger partial charge in [-0.3, -0.25) is 9.78 Å². The summed E-state index contributed by atoms with van der Waals surface area (Å²) < 4.78 is 2.58. The Morgan fingerprint density at radius 2 is 2.12 bits per heavy atom. The summed E-state index contributed by atoms with van der Waals surface area (Å²) in [6, 6.07) is 2.02. The van der Waals surface area contributed by atoms with E-state index >= 15 is 0 Å². The third-order valence-corrected chi connectivity index (χ3v) is 7.64. The highest BCUT2D eigenvalue weighted by Gasteiger charge is 2.21. The molecule has 0 radical (unpaired) electrons. The lowest BCUT2D eigenvalue weighted by molar-refractivity contribution is 0.149. The lowest BCUT2D eigenvalue weighted by atomic mass is 9.96. The highest BCUT2D eigenvalue weighted by molar-refractivity contribution is 9.11. The van der Waals surface area contributed by atoms with Crippen LogP contribution < -0.4 is 16.2 Å². The number of aromatic nitrogens is 4. The van der Waals surface area contributed by atoms with Crippen molar-refractivity contribution in [2.75, 3.05) is 25.0 Å². The minimum absolute atomic E-state index is 0.229. The van der Waals surface area contributed by atoms with Gasteiger partial charge in [-0.1, -0.05) is 0 Å². The lowest BCUT2D eigenvalue weighted by Crippen LogP contribution is -2.42. The van der Waals surface area contributed by atoms with Crippen LogP contribution in [0, 0.1) is 5.92 Å². The van der Waals surface area contributed by atoms with Crippen LogP contribution in [0.15, 0.2) is 27.0 Å². The quantitative estimate of drug-likeness (QED) is 0.381. The maximum absolute atomic E-state index is 12.7. The number of nitrogens with one attached hydrogen (secondary N) is 3. The van der Waals surface area contributed by atoms with Gasteiger partial charge in [-0.15, -0.1) is 11.3 Å². The molecule has 0 unspecified atom stereocenters. The van der Waals surface area contributed by atoms with Gasteiger partial charge in [-0.2, -0.15) is 5.10 Å². The van der Waals surface area contributed by atoms with Crippen molar-refractivity contribution in [3.8, 4) is 0 Å². The van der Waals surface area contributed by atoms with Gasteiger partial charge in [0.25, 0.3) is 5.56 Å². The van der Waals surface area contributed by atoms with Crippen molar-refractivity contribution in [1.82, 2.24) is 29.8 Å². The Morgan fingerprint density at radius 1 is 1.34 bits per heavy atom. The molecular weight excluding hydrogens is 494 g/mol. The first-order valence-corrected chi connectivity index (χ1v) is 12.3. The van der Waals surface area contributed by atoms with Crippen molar-refractivity contribution in [3.05, 3.63) is 32.6 Å². The number of urea groups is 1. The van der Waals surface area contributed by atoms with Crippen LogP contribution in [-0.4, -0.2) is 56.2 Å². The van der Waals surface area contributed by atoms with E-state index in [1.807, 2.05) is 6.20 Å². The molecule has 1 aliphatic heterocycles. The number of piperidine rings is 1. The van der Waals surface area contributed by atoms with Gasteiger partial charge in [0.15, 0.2) is 0 Å². The molecule has 0 aliphatic carbocycles. The first kappa shape index (κ1) is 21.4. The molecule has 3 N–H and O–H groups in total. The molecule has 1 fully saturated rings. The first-order chi connectivity index (χ1) is 15.4. The fourth-order valence-corrected chi connectivity index (χ4v) is 5.75. The zero-order chi connectivity index (χ0) is 22.4. The maximum atomic E-state index is 12.7. The zero-order valence-corrected chi connectivity index (χ0v) is 20.2. The Labute approximate surface area is 196 Å². The number of nitrogens with zero attached hydrogens (tertiary/aromatic N) is 4. The summed E-state index contributed by atoms with van der Waals surface area (Å²) in [4.78, 5) is 35.7. The predicted octanol–water partition coefficient (Wildman–Crippen LogP) is 3.79. The topological polar surface area (TPSA) is 107 Å². The molecule has 5 rings (SSSR count). The minimum Gasteiger partial charge on any atom is -0.338 e. The Kier molecular flexibility index (Phi) is 5.64. The molecule has 0 atom stereocenters. The highest BCUT2D eigenvalue weighted by atomic mass is 79.9. The Balaban J connectivity index is 1.29. The molecule has 1 aliphatic rings. The fraction of sp³-hybridized carbons (Fsp3) is 0.429. The van der Waals surface area contributed by atoms with Crippen LogP contribution in [0.3, 0.4) is 0 Å². The van der Waals surface area contributed by atoms with E-state index in [9.17, 15) is 9.59 Å². The molecule has 1 saturated heterocycles. The minimum atomic E-state index is -0.270. The molecule has 5 heterocycles. The van der Waals surface area contributed by atoms with E-state index in [0.717, 1.165) is 34.5 Å². The first-order valence-electron chi connectivity index (χ1n) is 10.7. The number of anilines is 1. The fourth-order valence-electron chi connectivity index (χ4n) is 4.28. The predicted molar refractivity (Wildman–Crippen MR) is 131 cm³/mol. The standard InChI is InChI=1S/C21H24BrN7O2S/c1-11(2)28-5-3-12(4-6-28)8-24-21(31)25-13-7-14-17(23-9-13)18-16(19(30)26-14)20-29(27-18)10-15(22)32-20/h7,9-12H,3-6,8H2,1-2H3,(H,26,30)(H2,24,25,31). The van der Waals surface area contributed by atoms with E-state index in [0.29, 0.717) is 46.1 Å². The molecular formula is C21H24BrN7O2S. The van der Waals surface area contributed by atoms with Crippen LogP contribution in [0.5, 0.6) is 0 Å². The average Bonchev–Trinajstić information content (AvgIpc) is 3.28. The van der Waals surface area contributed by atoms with Crippen molar-refractivity contribution in [3.63, 3.8) is 0 Å². The monoisotopic (exact) mass is 517 g/mol. The van der Waals surface area contributed by atoms with E-state index in [-0.39, 0.29) is 11.6 Å². The molecule has 168 valence electrons. The van der Waals surface area contributed by atoms with Gasteiger partial charge in [0, 0.05) is 12.6 Å². The zero-order valence-electron chi connectivity index (χ0n) is 17.8. The second-order valence-electron chi connectivity index (χ2n) is 8.49. The number of amides is 2. The second-order valence-corrected chi connectivity index (χ2v) is 10.9. The van der Waals surface area contributed by atoms with Gasteiger partial charge in [-0.25, -0.2) is 9.31 Å². The summed E-state index contributed by atoms with van der Waals surface area (Å²) in [6.07, 6.45) is 5.58. The number of hydrogen-bond donors (Lipinski definition) is 3. The summed E-state index contributed by atoms with van der Waals surface area (Å²) in [6.45, 7) is 7.24. The molecule has 0 spiro atoms. The van der Waals surface area contributed by atoms with Gasteiger partial charge in [0.2, 0.25) is 0 Å². The van der Waals surface area contributed by atoms with Gasteiger partial charge >= 0.3 is 6.03 Å². The number of carbonyl (C=O) groups excluding carboxylic acids is 1. The number of carbonyl (C=O) groups is 1. The van der Waals surface area contributed by atoms with Gasteiger partial charge in [0.1, 0.15) is 21.3 Å². The van der Waals surface area contributed by atoms with Crippen molar-refractivity contribution in [1.29, 1.82) is 0 Å². The van der Waals surface area contributed by atoms with E-state index in [4.69, 9.17) is 0 Å². The molecule has 4 aromatic rings. The second kappa shape index (κ2) is 8.45. The van der Waals surface area contributed by atoms with Crippen LogP contribution in [0.2, 0.25) is 0 Å². The van der Waals surface area contributed by atoms with Gasteiger partial charge in [-0.05, 0) is 67.7 Å². The van der Waals surface area contributed by atoms with Crippen molar-refractivity contribution >= 4 is 65.8 Å². The summed E-state index contributed by atoms with van der Waals surface area (Å²) in [5.74, 6) is 0.491. The van der Waals surface area contributed by atoms with E-state index in [1.165, 1.54) is 11.3 Å². The molecule has 9 nitrogen and oxygen atoms in total. The summed E-state index contributed by atoms with van der Waals surface area (Å²) >= 11 is 4.87. The van der Waals surface area contributed by atoms with Crippen molar-refractivity contribution in [2.45, 2.75) is 32.7 Å². The summed E-state index contributed by atoms with van der Waals surface area (Å²) in [5, 5.41) is 10.8. The lowest BCUT2D eigenvalue weighted by Gasteiger charge is -2.34. The SMILES string of the molecule is CC(C)N1CCC(CNC(=O)Nc2cnc3c(c2)[nH]c(=O)c2c3nn3cc(Br)sc23)CC1. The number of fused-ring (bicyclic) bond motifs is 5. The smallest absolute Gasteiger partial charge is 0.319 e. The molecule has 4 aromatic heterocycles. The third-order valence-electron chi connectivity index (χ3n) is 6.06. The molecule has 2 amide bonds. The van der Waals surface area contributed by atoms with Crippen LogP contribution >= 0.6 is 27.3 Å². The van der Waals surface area contributed by atoms with Crippen LogP contribution in [0.4, 0.5) is 10.5 Å². The van der Waals surface area contributed by atoms with Gasteiger partial charge in [0.05, 0.1) is 27.4 Å².